The molecule has 0 N–H and O–H groups in total. The molecule has 3 rings (SSSR count). The molecule has 1 nitrogen and oxygen atoms in total. The van der Waals surface area contributed by atoms with E-state index in [1.807, 2.05) is 54.6 Å². The molecule has 0 fully saturated rings. The van der Waals surface area contributed by atoms with E-state index in [1.165, 1.54) is 11.1 Å². The van der Waals surface area contributed by atoms with Gasteiger partial charge in [0.2, 0.25) is 0 Å². The van der Waals surface area contributed by atoms with Crippen molar-refractivity contribution in [2.45, 2.75) is 0 Å². The van der Waals surface area contributed by atoms with Gasteiger partial charge in [-0.1, -0.05) is 58.4 Å². The fourth-order valence-corrected chi connectivity index (χ4v) is 2.25. The first-order valence-corrected chi connectivity index (χ1v) is 7.19. The summed E-state index contributed by atoms with van der Waals surface area (Å²) in [6.45, 7) is 0. The van der Waals surface area contributed by atoms with Gasteiger partial charge in [-0.05, 0) is 47.5 Å². The van der Waals surface area contributed by atoms with E-state index in [0.29, 0.717) is 0 Å². The average molecular weight is 325 g/mol. The number of ether oxygens (including phenoxy) is 1. The Hall–Kier alpha value is -2.06. The molecule has 0 saturated heterocycles. The van der Waals surface area contributed by atoms with Crippen LogP contribution in [-0.2, 0) is 0 Å². The summed E-state index contributed by atoms with van der Waals surface area (Å²) in [6.07, 6.45) is 0. The second kappa shape index (κ2) is 5.93. The Balaban J connectivity index is 1.79. The van der Waals surface area contributed by atoms with Crippen LogP contribution in [-0.4, -0.2) is 0 Å². The van der Waals surface area contributed by atoms with E-state index in [1.54, 1.807) is 0 Å². The molecule has 3 aromatic carbocycles. The molecule has 0 unspecified atom stereocenters. The van der Waals surface area contributed by atoms with Crippen LogP contribution >= 0.6 is 15.9 Å². The lowest BCUT2D eigenvalue weighted by Crippen LogP contribution is -1.84. The van der Waals surface area contributed by atoms with Gasteiger partial charge in [-0.25, -0.2) is 0 Å². The number of para-hydroxylation sites is 1. The average Bonchev–Trinajstić information content (AvgIpc) is 2.50. The normalized spacial score (nSPS) is 10.2. The molecule has 20 heavy (non-hydrogen) atoms. The molecule has 0 saturated carbocycles. The summed E-state index contributed by atoms with van der Waals surface area (Å²) in [5.41, 5.74) is 2.37. The van der Waals surface area contributed by atoms with E-state index in [-0.39, 0.29) is 0 Å². The van der Waals surface area contributed by atoms with Crippen LogP contribution in [0.1, 0.15) is 0 Å². The minimum Gasteiger partial charge on any atom is -0.457 e. The zero-order valence-electron chi connectivity index (χ0n) is 10.8. The van der Waals surface area contributed by atoms with Crippen molar-refractivity contribution < 1.29 is 4.74 Å². The standard InChI is InChI=1S/C18H13BrO/c19-16-10-6-14(7-11-16)15-8-12-18(13-9-15)20-17-4-2-1-3-5-17/h1-13H. The molecule has 0 aromatic heterocycles. The topological polar surface area (TPSA) is 9.23 Å². The fraction of sp³-hybridized carbons (Fsp3) is 0. The summed E-state index contributed by atoms with van der Waals surface area (Å²) in [6, 6.07) is 26.2. The lowest BCUT2D eigenvalue weighted by Gasteiger charge is -2.07. The molecule has 2 heteroatoms. The zero-order valence-corrected chi connectivity index (χ0v) is 12.4. The third-order valence-corrected chi connectivity index (χ3v) is 3.54. The van der Waals surface area contributed by atoms with Crippen LogP contribution < -0.4 is 4.74 Å². The van der Waals surface area contributed by atoms with Gasteiger partial charge in [0, 0.05) is 4.47 Å². The first-order valence-electron chi connectivity index (χ1n) is 6.40. The Kier molecular flexibility index (Phi) is 3.84. The second-order valence-corrected chi connectivity index (χ2v) is 5.36. The van der Waals surface area contributed by atoms with Gasteiger partial charge in [0.15, 0.2) is 0 Å². The van der Waals surface area contributed by atoms with Crippen LogP contribution in [0.15, 0.2) is 83.3 Å². The number of rotatable bonds is 3. The highest BCUT2D eigenvalue weighted by Crippen LogP contribution is 2.26. The molecular weight excluding hydrogens is 312 g/mol. The van der Waals surface area contributed by atoms with E-state index in [0.717, 1.165) is 16.0 Å². The monoisotopic (exact) mass is 324 g/mol. The van der Waals surface area contributed by atoms with Crippen molar-refractivity contribution in [3.05, 3.63) is 83.3 Å². The molecule has 0 radical (unpaired) electrons. The van der Waals surface area contributed by atoms with Gasteiger partial charge >= 0.3 is 0 Å². The third kappa shape index (κ3) is 3.09. The summed E-state index contributed by atoms with van der Waals surface area (Å²) < 4.78 is 6.87. The van der Waals surface area contributed by atoms with Crippen LogP contribution in [0.3, 0.4) is 0 Å². The molecule has 0 amide bonds. The SMILES string of the molecule is Brc1ccc(-c2ccc(Oc3ccccc3)cc2)cc1. The van der Waals surface area contributed by atoms with E-state index in [2.05, 4.69) is 40.2 Å². The molecule has 0 aliphatic carbocycles. The van der Waals surface area contributed by atoms with Gasteiger partial charge in [0.05, 0.1) is 0 Å². The van der Waals surface area contributed by atoms with Crippen molar-refractivity contribution in [2.24, 2.45) is 0 Å². The number of hydrogen-bond acceptors (Lipinski definition) is 1. The number of benzene rings is 3. The van der Waals surface area contributed by atoms with E-state index < -0.39 is 0 Å². The largest absolute Gasteiger partial charge is 0.457 e. The van der Waals surface area contributed by atoms with Crippen LogP contribution in [0.2, 0.25) is 0 Å². The lowest BCUT2D eigenvalue weighted by molar-refractivity contribution is 0.483. The summed E-state index contributed by atoms with van der Waals surface area (Å²) in [5.74, 6) is 1.70. The zero-order chi connectivity index (χ0) is 13.8. The summed E-state index contributed by atoms with van der Waals surface area (Å²) in [7, 11) is 0. The predicted molar refractivity (Wildman–Crippen MR) is 86.1 cm³/mol. The fourth-order valence-electron chi connectivity index (χ4n) is 1.98. The van der Waals surface area contributed by atoms with Crippen molar-refractivity contribution in [1.82, 2.24) is 0 Å². The summed E-state index contributed by atoms with van der Waals surface area (Å²) in [5, 5.41) is 0. The van der Waals surface area contributed by atoms with Crippen LogP contribution in [0, 0.1) is 0 Å². The van der Waals surface area contributed by atoms with Crippen molar-refractivity contribution in [3.8, 4) is 22.6 Å². The minimum atomic E-state index is 0.845. The maximum absolute atomic E-state index is 5.78. The van der Waals surface area contributed by atoms with Crippen LogP contribution in [0.5, 0.6) is 11.5 Å². The van der Waals surface area contributed by atoms with Gasteiger partial charge in [0.1, 0.15) is 11.5 Å². The Bertz CT molecular complexity index is 673. The highest BCUT2D eigenvalue weighted by molar-refractivity contribution is 9.10. The van der Waals surface area contributed by atoms with Crippen LogP contribution in [0.25, 0.3) is 11.1 Å². The second-order valence-electron chi connectivity index (χ2n) is 4.45. The maximum Gasteiger partial charge on any atom is 0.127 e. The first kappa shape index (κ1) is 12.9. The van der Waals surface area contributed by atoms with E-state index >= 15 is 0 Å². The Morgan fingerprint density at radius 1 is 0.550 bits per heavy atom. The maximum atomic E-state index is 5.78. The summed E-state index contributed by atoms with van der Waals surface area (Å²) in [4.78, 5) is 0. The Morgan fingerprint density at radius 2 is 1.05 bits per heavy atom. The van der Waals surface area contributed by atoms with Crippen molar-refractivity contribution in [2.75, 3.05) is 0 Å². The molecule has 0 aliphatic rings. The van der Waals surface area contributed by atoms with Crippen molar-refractivity contribution >= 4 is 15.9 Å². The highest BCUT2D eigenvalue weighted by Gasteiger charge is 2.00. The minimum absolute atomic E-state index is 0.845. The van der Waals surface area contributed by atoms with Gasteiger partial charge in [-0.15, -0.1) is 0 Å². The van der Waals surface area contributed by atoms with E-state index in [4.69, 9.17) is 4.74 Å². The molecule has 3 aromatic rings. The number of hydrogen-bond donors (Lipinski definition) is 0. The smallest absolute Gasteiger partial charge is 0.127 e. The quantitative estimate of drug-likeness (QED) is 0.582. The van der Waals surface area contributed by atoms with Gasteiger partial charge in [-0.3, -0.25) is 0 Å². The van der Waals surface area contributed by atoms with Crippen LogP contribution in [0.4, 0.5) is 0 Å². The molecular formula is C18H13BrO. The van der Waals surface area contributed by atoms with Gasteiger partial charge < -0.3 is 4.74 Å². The molecule has 0 atom stereocenters. The molecule has 0 aliphatic heterocycles. The van der Waals surface area contributed by atoms with Crippen molar-refractivity contribution in [3.63, 3.8) is 0 Å². The molecule has 98 valence electrons. The summed E-state index contributed by atoms with van der Waals surface area (Å²) >= 11 is 3.45. The Labute approximate surface area is 127 Å². The Morgan fingerprint density at radius 3 is 1.65 bits per heavy atom. The van der Waals surface area contributed by atoms with Crippen molar-refractivity contribution in [1.29, 1.82) is 0 Å². The van der Waals surface area contributed by atoms with Gasteiger partial charge in [0.25, 0.3) is 0 Å². The highest BCUT2D eigenvalue weighted by atomic mass is 79.9. The number of halogens is 1. The molecule has 0 bridgehead atoms. The first-order chi connectivity index (χ1) is 9.81. The molecule has 0 heterocycles. The van der Waals surface area contributed by atoms with Gasteiger partial charge in [-0.2, -0.15) is 0 Å². The molecule has 0 spiro atoms. The van der Waals surface area contributed by atoms with E-state index in [9.17, 15) is 0 Å². The third-order valence-electron chi connectivity index (χ3n) is 3.01. The lowest BCUT2D eigenvalue weighted by atomic mass is 10.1. The predicted octanol–water partition coefficient (Wildman–Crippen LogP) is 5.91.